The first kappa shape index (κ1) is 21.0. The maximum atomic E-state index is 12.3. The number of nitrogens with zero attached hydrogens (tertiary/aromatic N) is 2. The van der Waals surface area contributed by atoms with Crippen LogP contribution in [0.25, 0.3) is 10.6 Å². The predicted octanol–water partition coefficient (Wildman–Crippen LogP) is 3.97. The lowest BCUT2D eigenvalue weighted by molar-refractivity contribution is 0.0830. The third-order valence-corrected chi connectivity index (χ3v) is 5.64. The average molecular weight is 433 g/mol. The molecule has 0 bridgehead atoms. The lowest BCUT2D eigenvalue weighted by atomic mass is 10.2. The quantitative estimate of drug-likeness (QED) is 0.551. The van der Waals surface area contributed by atoms with Crippen LogP contribution in [0.1, 0.15) is 39.8 Å². The van der Waals surface area contributed by atoms with E-state index in [2.05, 4.69) is 34.6 Å². The van der Waals surface area contributed by atoms with E-state index in [1.165, 1.54) is 17.5 Å². The number of nitrogens with one attached hydrogen (secondary N) is 2. The number of rotatable bonds is 7. The maximum Gasteiger partial charge on any atom is 0.305 e. The van der Waals surface area contributed by atoms with Gasteiger partial charge in [-0.3, -0.25) is 25.3 Å². The van der Waals surface area contributed by atoms with E-state index in [4.69, 9.17) is 16.0 Å². The van der Waals surface area contributed by atoms with E-state index in [1.807, 2.05) is 18.2 Å². The summed E-state index contributed by atoms with van der Waals surface area (Å²) >= 11 is 7.35. The number of hydrogen-bond donors (Lipinski definition) is 2. The van der Waals surface area contributed by atoms with Gasteiger partial charge < -0.3 is 4.42 Å². The SMILES string of the molecule is CCN(CC)Cc1ccc(C(=O)NNC(=O)c2cnc(-c3ccccc3Cl)s2)o1. The highest BCUT2D eigenvalue weighted by atomic mass is 35.5. The molecule has 2 heterocycles. The number of hydrazine groups is 1. The number of carbonyl (C=O) groups excluding carboxylic acids is 2. The van der Waals surface area contributed by atoms with Gasteiger partial charge >= 0.3 is 5.91 Å². The Morgan fingerprint density at radius 1 is 1.10 bits per heavy atom. The number of hydrogen-bond acceptors (Lipinski definition) is 6. The van der Waals surface area contributed by atoms with Crippen molar-refractivity contribution in [3.63, 3.8) is 0 Å². The Kier molecular flexibility index (Phi) is 7.03. The zero-order valence-electron chi connectivity index (χ0n) is 16.1. The summed E-state index contributed by atoms with van der Waals surface area (Å²) in [4.78, 5) is 31.3. The first-order valence-corrected chi connectivity index (χ1v) is 10.3. The Bertz CT molecular complexity index is 997. The van der Waals surface area contributed by atoms with Crippen LogP contribution in [0, 0.1) is 0 Å². The van der Waals surface area contributed by atoms with Crippen LogP contribution in [0.2, 0.25) is 5.02 Å². The van der Waals surface area contributed by atoms with Crippen molar-refractivity contribution >= 4 is 34.8 Å². The molecule has 0 saturated carbocycles. The minimum Gasteiger partial charge on any atom is -0.454 e. The van der Waals surface area contributed by atoms with Crippen molar-refractivity contribution in [2.24, 2.45) is 0 Å². The van der Waals surface area contributed by atoms with E-state index in [0.29, 0.717) is 27.2 Å². The molecular formula is C20H21ClN4O3S. The van der Waals surface area contributed by atoms with Crippen LogP contribution >= 0.6 is 22.9 Å². The van der Waals surface area contributed by atoms with Gasteiger partial charge in [0.15, 0.2) is 5.76 Å². The Hall–Kier alpha value is -2.68. The van der Waals surface area contributed by atoms with Crippen molar-refractivity contribution in [1.29, 1.82) is 0 Å². The molecule has 0 saturated heterocycles. The minimum atomic E-state index is -0.528. The molecule has 3 aromatic rings. The summed E-state index contributed by atoms with van der Waals surface area (Å²) in [7, 11) is 0. The zero-order chi connectivity index (χ0) is 20.8. The molecule has 0 aliphatic heterocycles. The van der Waals surface area contributed by atoms with Crippen molar-refractivity contribution < 1.29 is 14.0 Å². The van der Waals surface area contributed by atoms with Gasteiger partial charge in [-0.05, 0) is 31.3 Å². The molecule has 29 heavy (non-hydrogen) atoms. The number of amides is 2. The number of benzene rings is 1. The smallest absolute Gasteiger partial charge is 0.305 e. The monoisotopic (exact) mass is 432 g/mol. The highest BCUT2D eigenvalue weighted by Gasteiger charge is 2.16. The van der Waals surface area contributed by atoms with Gasteiger partial charge in [-0.25, -0.2) is 4.98 Å². The first-order chi connectivity index (χ1) is 14.0. The Balaban J connectivity index is 1.58. The van der Waals surface area contributed by atoms with E-state index < -0.39 is 11.8 Å². The van der Waals surface area contributed by atoms with E-state index >= 15 is 0 Å². The summed E-state index contributed by atoms with van der Waals surface area (Å²) in [6, 6.07) is 10.6. The largest absolute Gasteiger partial charge is 0.454 e. The van der Waals surface area contributed by atoms with Gasteiger partial charge in [-0.2, -0.15) is 0 Å². The molecule has 1 aromatic carbocycles. The number of furan rings is 1. The summed E-state index contributed by atoms with van der Waals surface area (Å²) < 4.78 is 5.56. The second-order valence-electron chi connectivity index (χ2n) is 6.15. The molecule has 152 valence electrons. The third kappa shape index (κ3) is 5.23. The fourth-order valence-electron chi connectivity index (χ4n) is 2.63. The molecule has 2 amide bonds. The number of carbonyl (C=O) groups is 2. The summed E-state index contributed by atoms with van der Waals surface area (Å²) in [6.45, 7) is 6.52. The van der Waals surface area contributed by atoms with E-state index in [1.54, 1.807) is 18.2 Å². The molecule has 0 fully saturated rings. The van der Waals surface area contributed by atoms with Gasteiger partial charge in [-0.1, -0.05) is 43.6 Å². The van der Waals surface area contributed by atoms with Crippen molar-refractivity contribution in [3.8, 4) is 10.6 Å². The van der Waals surface area contributed by atoms with Crippen LogP contribution in [0.5, 0.6) is 0 Å². The average Bonchev–Trinajstić information content (AvgIpc) is 3.40. The highest BCUT2D eigenvalue weighted by Crippen LogP contribution is 2.30. The van der Waals surface area contributed by atoms with Crippen molar-refractivity contribution in [2.45, 2.75) is 20.4 Å². The van der Waals surface area contributed by atoms with Gasteiger partial charge in [0, 0.05) is 5.56 Å². The van der Waals surface area contributed by atoms with Crippen LogP contribution in [0.3, 0.4) is 0 Å². The maximum absolute atomic E-state index is 12.3. The van der Waals surface area contributed by atoms with Gasteiger partial charge in [0.05, 0.1) is 17.8 Å². The Morgan fingerprint density at radius 3 is 2.55 bits per heavy atom. The number of aromatic nitrogens is 1. The molecule has 2 N–H and O–H groups in total. The topological polar surface area (TPSA) is 87.5 Å². The molecule has 0 aliphatic carbocycles. The van der Waals surface area contributed by atoms with E-state index in [9.17, 15) is 9.59 Å². The van der Waals surface area contributed by atoms with Gasteiger partial charge in [0.1, 0.15) is 15.6 Å². The summed E-state index contributed by atoms with van der Waals surface area (Å²) in [5, 5.41) is 1.18. The fourth-order valence-corrected chi connectivity index (χ4v) is 3.76. The van der Waals surface area contributed by atoms with E-state index in [0.717, 1.165) is 18.7 Å². The summed E-state index contributed by atoms with van der Waals surface area (Å²) in [5.74, 6) is -0.172. The predicted molar refractivity (Wildman–Crippen MR) is 113 cm³/mol. The van der Waals surface area contributed by atoms with Crippen LogP contribution in [0.4, 0.5) is 0 Å². The number of halogens is 1. The molecule has 0 atom stereocenters. The molecule has 7 nitrogen and oxygen atoms in total. The van der Waals surface area contributed by atoms with Gasteiger partial charge in [0.2, 0.25) is 0 Å². The second-order valence-corrected chi connectivity index (χ2v) is 7.58. The van der Waals surface area contributed by atoms with Crippen LogP contribution in [0.15, 0.2) is 47.0 Å². The molecule has 2 aromatic heterocycles. The highest BCUT2D eigenvalue weighted by molar-refractivity contribution is 7.17. The molecule has 3 rings (SSSR count). The molecule has 0 unspecified atom stereocenters. The number of thiazole rings is 1. The Morgan fingerprint density at radius 2 is 1.83 bits per heavy atom. The second kappa shape index (κ2) is 9.69. The molecule has 9 heteroatoms. The third-order valence-electron chi connectivity index (χ3n) is 4.28. The minimum absolute atomic E-state index is 0.133. The lowest BCUT2D eigenvalue weighted by Gasteiger charge is -2.15. The molecule has 0 spiro atoms. The van der Waals surface area contributed by atoms with Gasteiger partial charge in [0.25, 0.3) is 5.91 Å². The Labute approximate surface area is 177 Å². The molecule has 0 radical (unpaired) electrons. The van der Waals surface area contributed by atoms with E-state index in [-0.39, 0.29) is 5.76 Å². The molecular weight excluding hydrogens is 412 g/mol. The van der Waals surface area contributed by atoms with Crippen LogP contribution in [-0.2, 0) is 6.54 Å². The summed E-state index contributed by atoms with van der Waals surface area (Å²) in [5.41, 5.74) is 5.49. The van der Waals surface area contributed by atoms with Gasteiger partial charge in [-0.15, -0.1) is 11.3 Å². The van der Waals surface area contributed by atoms with Crippen LogP contribution < -0.4 is 10.9 Å². The zero-order valence-corrected chi connectivity index (χ0v) is 17.6. The van der Waals surface area contributed by atoms with Crippen molar-refractivity contribution in [2.75, 3.05) is 13.1 Å². The normalized spacial score (nSPS) is 10.9. The van der Waals surface area contributed by atoms with Crippen molar-refractivity contribution in [1.82, 2.24) is 20.7 Å². The summed E-state index contributed by atoms with van der Waals surface area (Å²) in [6.07, 6.45) is 1.44. The lowest BCUT2D eigenvalue weighted by Crippen LogP contribution is -2.41. The van der Waals surface area contributed by atoms with Crippen LogP contribution in [-0.4, -0.2) is 34.8 Å². The standard InChI is InChI=1S/C20H21ClN4O3S/c1-3-25(4-2)12-13-9-10-16(28-13)18(26)23-24-19(27)17-11-22-20(29-17)14-7-5-6-8-15(14)21/h5-11H,3-4,12H2,1-2H3,(H,23,26)(H,24,27). The molecule has 0 aliphatic rings. The van der Waals surface area contributed by atoms with Crippen molar-refractivity contribution in [3.05, 3.63) is 64.0 Å². The fraction of sp³-hybridized carbons (Fsp3) is 0.250. The first-order valence-electron chi connectivity index (χ1n) is 9.14.